The van der Waals surface area contributed by atoms with Gasteiger partial charge in [0, 0.05) is 18.1 Å². The first kappa shape index (κ1) is 26.6. The topological polar surface area (TPSA) is 86.8 Å². The molecule has 10 heteroatoms. The lowest BCUT2D eigenvalue weighted by atomic mass is 10.1. The van der Waals surface area contributed by atoms with Crippen LogP contribution in [-0.4, -0.2) is 50.5 Å². The molecule has 7 nitrogen and oxygen atoms in total. The molecule has 0 aromatic heterocycles. The van der Waals surface area contributed by atoms with Crippen LogP contribution in [0.1, 0.15) is 26.3 Å². The zero-order valence-electron chi connectivity index (χ0n) is 19.1. The molecule has 33 heavy (non-hydrogen) atoms. The minimum Gasteiger partial charge on any atom is -0.354 e. The molecule has 2 aromatic carbocycles. The standard InChI is InChI=1S/C23H29ClFN3O4S/c1-16(2)13-26-23(30)17(3)27(14-18-7-5-6-8-21(18)24)22(29)15-28(33(4,31)32)20-11-9-19(25)10-12-20/h5-12,16-17H,13-15H2,1-4H3,(H,26,30)/t17-/m0/s1. The average Bonchev–Trinajstić information content (AvgIpc) is 2.74. The molecule has 0 aliphatic rings. The Hall–Kier alpha value is -2.65. The first-order valence-corrected chi connectivity index (χ1v) is 12.7. The summed E-state index contributed by atoms with van der Waals surface area (Å²) in [4.78, 5) is 27.4. The number of sulfonamides is 1. The van der Waals surface area contributed by atoms with E-state index in [9.17, 15) is 22.4 Å². The number of benzene rings is 2. The van der Waals surface area contributed by atoms with Gasteiger partial charge in [0.15, 0.2) is 0 Å². The van der Waals surface area contributed by atoms with E-state index in [2.05, 4.69) is 5.32 Å². The molecular formula is C23H29ClFN3O4S. The lowest BCUT2D eigenvalue weighted by molar-refractivity contribution is -0.139. The number of rotatable bonds is 10. The number of anilines is 1. The van der Waals surface area contributed by atoms with Crippen LogP contribution in [0, 0.1) is 11.7 Å². The minimum absolute atomic E-state index is 0.00971. The van der Waals surface area contributed by atoms with Crippen molar-refractivity contribution in [2.75, 3.05) is 23.7 Å². The molecule has 180 valence electrons. The van der Waals surface area contributed by atoms with Crippen molar-refractivity contribution >= 4 is 39.1 Å². The molecule has 0 saturated carbocycles. The van der Waals surface area contributed by atoms with Crippen molar-refractivity contribution in [2.24, 2.45) is 5.92 Å². The molecule has 1 N–H and O–H groups in total. The molecule has 0 bridgehead atoms. The van der Waals surface area contributed by atoms with Gasteiger partial charge in [-0.15, -0.1) is 0 Å². The molecule has 0 spiro atoms. The van der Waals surface area contributed by atoms with E-state index < -0.39 is 34.3 Å². The van der Waals surface area contributed by atoms with Gasteiger partial charge in [0.1, 0.15) is 18.4 Å². The van der Waals surface area contributed by atoms with Gasteiger partial charge in [-0.1, -0.05) is 43.6 Å². The van der Waals surface area contributed by atoms with Gasteiger partial charge < -0.3 is 10.2 Å². The van der Waals surface area contributed by atoms with Gasteiger partial charge >= 0.3 is 0 Å². The largest absolute Gasteiger partial charge is 0.354 e. The second kappa shape index (κ2) is 11.5. The molecule has 0 radical (unpaired) electrons. The molecular weight excluding hydrogens is 469 g/mol. The Morgan fingerprint density at radius 1 is 1.06 bits per heavy atom. The summed E-state index contributed by atoms with van der Waals surface area (Å²) in [6.07, 6.45) is 0.959. The lowest BCUT2D eigenvalue weighted by Crippen LogP contribution is -2.51. The Kier molecular flexibility index (Phi) is 9.25. The van der Waals surface area contributed by atoms with Gasteiger partial charge in [0.2, 0.25) is 21.8 Å². The summed E-state index contributed by atoms with van der Waals surface area (Å²) in [5.41, 5.74) is 0.755. The monoisotopic (exact) mass is 497 g/mol. The normalized spacial score (nSPS) is 12.3. The van der Waals surface area contributed by atoms with Crippen LogP contribution >= 0.6 is 11.6 Å². The molecule has 2 aromatic rings. The summed E-state index contributed by atoms with van der Waals surface area (Å²) in [5, 5.41) is 3.22. The summed E-state index contributed by atoms with van der Waals surface area (Å²) in [6.45, 7) is 5.36. The zero-order chi connectivity index (χ0) is 24.8. The van der Waals surface area contributed by atoms with E-state index in [0.717, 1.165) is 22.7 Å². The smallest absolute Gasteiger partial charge is 0.244 e. The van der Waals surface area contributed by atoms with E-state index in [1.54, 1.807) is 31.2 Å². The maximum atomic E-state index is 13.4. The van der Waals surface area contributed by atoms with Crippen molar-refractivity contribution in [2.45, 2.75) is 33.4 Å². The second-order valence-electron chi connectivity index (χ2n) is 8.17. The molecule has 1 atom stereocenters. The van der Waals surface area contributed by atoms with Gasteiger partial charge in [-0.3, -0.25) is 13.9 Å². The van der Waals surface area contributed by atoms with E-state index in [1.165, 1.54) is 17.0 Å². The lowest BCUT2D eigenvalue weighted by Gasteiger charge is -2.31. The Morgan fingerprint density at radius 2 is 1.67 bits per heavy atom. The fraction of sp³-hybridized carbons (Fsp3) is 0.391. The van der Waals surface area contributed by atoms with Crippen molar-refractivity contribution in [3.05, 3.63) is 64.9 Å². The van der Waals surface area contributed by atoms with E-state index in [0.29, 0.717) is 17.1 Å². The fourth-order valence-electron chi connectivity index (χ4n) is 3.07. The van der Waals surface area contributed by atoms with E-state index >= 15 is 0 Å². The Bertz CT molecular complexity index is 1080. The van der Waals surface area contributed by atoms with Crippen LogP contribution in [-0.2, 0) is 26.2 Å². The highest BCUT2D eigenvalue weighted by Crippen LogP contribution is 2.21. The third kappa shape index (κ3) is 7.71. The SMILES string of the molecule is CC(C)CNC(=O)[C@H](C)N(Cc1ccccc1Cl)C(=O)CN(c1ccc(F)cc1)S(C)(=O)=O. The number of hydrogen-bond donors (Lipinski definition) is 1. The van der Waals surface area contributed by atoms with Crippen LogP contribution in [0.4, 0.5) is 10.1 Å². The maximum Gasteiger partial charge on any atom is 0.244 e. The van der Waals surface area contributed by atoms with E-state index in [1.807, 2.05) is 13.8 Å². The molecule has 2 rings (SSSR count). The first-order chi connectivity index (χ1) is 15.4. The maximum absolute atomic E-state index is 13.4. The summed E-state index contributed by atoms with van der Waals surface area (Å²) >= 11 is 6.27. The van der Waals surface area contributed by atoms with Gasteiger partial charge in [-0.2, -0.15) is 0 Å². The highest BCUT2D eigenvalue weighted by Gasteiger charge is 2.30. The van der Waals surface area contributed by atoms with Gasteiger partial charge in [0.25, 0.3) is 0 Å². The fourth-order valence-corrected chi connectivity index (χ4v) is 4.11. The highest BCUT2D eigenvalue weighted by atomic mass is 35.5. The summed E-state index contributed by atoms with van der Waals surface area (Å²) < 4.78 is 39.1. The predicted octanol–water partition coefficient (Wildman–Crippen LogP) is 3.43. The van der Waals surface area contributed by atoms with Crippen LogP contribution in [0.3, 0.4) is 0 Å². The van der Waals surface area contributed by atoms with Crippen LogP contribution in [0.15, 0.2) is 48.5 Å². The number of halogens is 2. The third-order valence-electron chi connectivity index (χ3n) is 4.94. The minimum atomic E-state index is -3.87. The van der Waals surface area contributed by atoms with Crippen molar-refractivity contribution in [3.63, 3.8) is 0 Å². The van der Waals surface area contributed by atoms with Crippen LogP contribution in [0.25, 0.3) is 0 Å². The molecule has 0 unspecified atom stereocenters. The van der Waals surface area contributed by atoms with Gasteiger partial charge in [-0.25, -0.2) is 12.8 Å². The predicted molar refractivity (Wildman–Crippen MR) is 128 cm³/mol. The summed E-state index contributed by atoms with van der Waals surface area (Å²) in [5.74, 6) is -1.28. The number of nitrogens with zero attached hydrogens (tertiary/aromatic N) is 2. The quantitative estimate of drug-likeness (QED) is 0.544. The third-order valence-corrected chi connectivity index (χ3v) is 6.45. The molecule has 0 fully saturated rings. The summed E-state index contributed by atoms with van der Waals surface area (Å²) in [7, 11) is -3.87. The number of hydrogen-bond acceptors (Lipinski definition) is 4. The van der Waals surface area contributed by atoms with Crippen LogP contribution in [0.5, 0.6) is 0 Å². The second-order valence-corrected chi connectivity index (χ2v) is 10.5. The molecule has 0 aliphatic carbocycles. The number of nitrogens with one attached hydrogen (secondary N) is 1. The van der Waals surface area contributed by atoms with Crippen molar-refractivity contribution in [1.82, 2.24) is 10.2 Å². The van der Waals surface area contributed by atoms with Gasteiger partial charge in [0.05, 0.1) is 11.9 Å². The van der Waals surface area contributed by atoms with Crippen molar-refractivity contribution in [1.29, 1.82) is 0 Å². The van der Waals surface area contributed by atoms with E-state index in [4.69, 9.17) is 11.6 Å². The first-order valence-electron chi connectivity index (χ1n) is 10.4. The summed E-state index contributed by atoms with van der Waals surface area (Å²) in [6, 6.07) is 10.8. The molecule has 0 aliphatic heterocycles. The van der Waals surface area contributed by atoms with Gasteiger partial charge in [-0.05, 0) is 48.7 Å². The number of carbonyl (C=O) groups is 2. The average molecular weight is 498 g/mol. The van der Waals surface area contributed by atoms with Crippen molar-refractivity contribution in [3.8, 4) is 0 Å². The Balaban J connectivity index is 2.36. The van der Waals surface area contributed by atoms with E-state index in [-0.39, 0.29) is 24.1 Å². The Labute approximate surface area is 199 Å². The van der Waals surface area contributed by atoms with Crippen molar-refractivity contribution < 1.29 is 22.4 Å². The highest BCUT2D eigenvalue weighted by molar-refractivity contribution is 7.92. The molecule has 0 saturated heterocycles. The molecule has 2 amide bonds. The van der Waals surface area contributed by atoms with Crippen LogP contribution in [0.2, 0.25) is 5.02 Å². The van der Waals surface area contributed by atoms with Crippen LogP contribution < -0.4 is 9.62 Å². The number of carbonyl (C=O) groups excluding carboxylic acids is 2. The Morgan fingerprint density at radius 3 is 2.21 bits per heavy atom. The number of amides is 2. The zero-order valence-corrected chi connectivity index (χ0v) is 20.7. The molecule has 0 heterocycles.